The molecule has 1 aromatic carbocycles. The smallest absolute Gasteiger partial charge is 0.125 e. The van der Waals surface area contributed by atoms with Gasteiger partial charge in [0.2, 0.25) is 0 Å². The Labute approximate surface area is 215 Å². The van der Waals surface area contributed by atoms with Crippen molar-refractivity contribution in [3.05, 3.63) is 35.5 Å². The highest BCUT2D eigenvalue weighted by Crippen LogP contribution is 2.40. The minimum atomic E-state index is 0.194. The van der Waals surface area contributed by atoms with Gasteiger partial charge in [0.25, 0.3) is 0 Å². The lowest BCUT2D eigenvalue weighted by molar-refractivity contribution is -0.111. The van der Waals surface area contributed by atoms with Gasteiger partial charge in [-0.1, -0.05) is 26.3 Å². The molecule has 1 fully saturated rings. The van der Waals surface area contributed by atoms with Crippen LogP contribution < -0.4 is 4.90 Å². The van der Waals surface area contributed by atoms with Crippen LogP contribution in [-0.4, -0.2) is 73.8 Å². The number of nitrogens with one attached hydrogen (secondary N) is 2. The van der Waals surface area contributed by atoms with Gasteiger partial charge in [0.15, 0.2) is 0 Å². The van der Waals surface area contributed by atoms with Gasteiger partial charge in [0.1, 0.15) is 12.0 Å². The third kappa shape index (κ3) is 6.19. The molecular weight excluding hydrogens is 450 g/mol. The van der Waals surface area contributed by atoms with Gasteiger partial charge in [-0.25, -0.2) is 0 Å². The molecule has 7 heteroatoms. The zero-order valence-corrected chi connectivity index (χ0v) is 22.7. The summed E-state index contributed by atoms with van der Waals surface area (Å²) in [4.78, 5) is 18.1. The number of H-pyrrole nitrogens is 2. The topological polar surface area (TPSA) is 77.2 Å². The fourth-order valence-corrected chi connectivity index (χ4v) is 5.18. The van der Waals surface area contributed by atoms with E-state index in [1.807, 2.05) is 0 Å². The van der Waals surface area contributed by atoms with E-state index in [4.69, 9.17) is 9.84 Å². The Balaban J connectivity index is 0.000000375. The number of carbonyl (C=O) groups is 1. The number of benzene rings is 1. The maximum Gasteiger partial charge on any atom is 0.125 e. The first-order valence-corrected chi connectivity index (χ1v) is 13.4. The molecule has 2 N–H and O–H groups in total. The average molecular weight is 494 g/mol. The van der Waals surface area contributed by atoms with E-state index in [1.165, 1.54) is 40.7 Å². The number of ether oxygens (including phenoxy) is 1. The first-order chi connectivity index (χ1) is 17.3. The number of carbonyl (C=O) groups excluding carboxylic acids is 1. The van der Waals surface area contributed by atoms with Crippen LogP contribution in [-0.2, 0) is 22.4 Å². The summed E-state index contributed by atoms with van der Waals surface area (Å²) in [6, 6.07) is 8.96. The summed E-state index contributed by atoms with van der Waals surface area (Å²) >= 11 is 0. The van der Waals surface area contributed by atoms with E-state index in [1.54, 1.807) is 0 Å². The lowest BCUT2D eigenvalue weighted by Gasteiger charge is -2.32. The van der Waals surface area contributed by atoms with Crippen LogP contribution in [0.4, 0.5) is 5.69 Å². The van der Waals surface area contributed by atoms with E-state index in [9.17, 15) is 4.79 Å². The van der Waals surface area contributed by atoms with Crippen molar-refractivity contribution in [1.82, 2.24) is 20.1 Å². The molecule has 2 aromatic heterocycles. The lowest BCUT2D eigenvalue weighted by atomic mass is 9.73. The fourth-order valence-electron chi connectivity index (χ4n) is 5.18. The average Bonchev–Trinajstić information content (AvgIpc) is 3.62. The molecule has 0 amide bonds. The van der Waals surface area contributed by atoms with Crippen LogP contribution in [0.25, 0.3) is 22.3 Å². The van der Waals surface area contributed by atoms with Gasteiger partial charge in [-0.3, -0.25) is 5.10 Å². The van der Waals surface area contributed by atoms with Gasteiger partial charge < -0.3 is 24.3 Å². The van der Waals surface area contributed by atoms with Crippen molar-refractivity contribution >= 4 is 22.9 Å². The molecule has 196 valence electrons. The molecule has 0 radical (unpaired) electrons. The second kappa shape index (κ2) is 11.6. The van der Waals surface area contributed by atoms with Crippen LogP contribution in [0.2, 0.25) is 0 Å². The Morgan fingerprint density at radius 3 is 2.72 bits per heavy atom. The van der Waals surface area contributed by atoms with E-state index in [2.05, 4.69) is 79.1 Å². The highest BCUT2D eigenvalue weighted by atomic mass is 16.5. The summed E-state index contributed by atoms with van der Waals surface area (Å²) in [5, 5.41) is 9.29. The number of hydrogen-bond acceptors (Lipinski definition) is 5. The van der Waals surface area contributed by atoms with Gasteiger partial charge in [-0.15, -0.1) is 0 Å². The number of hydrogen-bond donors (Lipinski definition) is 2. The van der Waals surface area contributed by atoms with Crippen LogP contribution in [0, 0.1) is 11.3 Å². The predicted molar refractivity (Wildman–Crippen MR) is 148 cm³/mol. The number of aromatic amines is 2. The number of fused-ring (bicyclic) bond motifs is 2. The second-order valence-electron chi connectivity index (χ2n) is 11.2. The number of nitrogens with zero attached hydrogens (tertiary/aromatic N) is 3. The quantitative estimate of drug-likeness (QED) is 0.428. The van der Waals surface area contributed by atoms with Crippen LogP contribution in [0.15, 0.2) is 24.3 Å². The maximum atomic E-state index is 9.93. The monoisotopic (exact) mass is 493 g/mol. The summed E-state index contributed by atoms with van der Waals surface area (Å²) in [5.41, 5.74) is 7.82. The minimum absolute atomic E-state index is 0.194. The largest absolute Gasteiger partial charge is 0.381 e. The van der Waals surface area contributed by atoms with Crippen molar-refractivity contribution < 1.29 is 9.53 Å². The Morgan fingerprint density at radius 1 is 1.22 bits per heavy atom. The standard InChI is InChI=1S/C24H35N5.C5H8O2/c1-6-24(2)11-10-19-22(16-24)26-27-23(19)21-14-17-8-9-18(15-20(17)25-21)29(5)13-7-12-28(3)4;6-3-5-1-2-7-4-5/h8-9,14-15,25H,6-7,10-13,16H2,1-5H3,(H,26,27);3,5H,1-2,4H2. The van der Waals surface area contributed by atoms with Crippen LogP contribution in [0.3, 0.4) is 0 Å². The molecule has 0 saturated carbocycles. The highest BCUT2D eigenvalue weighted by molar-refractivity contribution is 5.88. The van der Waals surface area contributed by atoms with Crippen molar-refractivity contribution in [2.45, 2.75) is 52.4 Å². The van der Waals surface area contributed by atoms with Gasteiger partial charge in [0.05, 0.1) is 12.3 Å². The molecular formula is C29H43N5O2. The molecule has 0 bridgehead atoms. The SMILES string of the molecule is CCC1(C)CCc2c(-c3cc4ccc(N(C)CCCN(C)C)cc4[nH]3)n[nH]c2C1.O=CC1CCOC1. The van der Waals surface area contributed by atoms with Crippen molar-refractivity contribution in [2.75, 3.05) is 52.3 Å². The second-order valence-corrected chi connectivity index (χ2v) is 11.2. The van der Waals surface area contributed by atoms with Crippen LogP contribution in [0.5, 0.6) is 0 Å². The molecule has 1 aliphatic carbocycles. The molecule has 2 unspecified atom stereocenters. The number of aromatic nitrogens is 3. The molecule has 7 nitrogen and oxygen atoms in total. The third-order valence-corrected chi connectivity index (χ3v) is 7.95. The van der Waals surface area contributed by atoms with Crippen molar-refractivity contribution in [3.8, 4) is 11.4 Å². The molecule has 1 aliphatic heterocycles. The molecule has 3 aromatic rings. The van der Waals surface area contributed by atoms with Gasteiger partial charge >= 0.3 is 0 Å². The van der Waals surface area contributed by atoms with Gasteiger partial charge in [-0.2, -0.15) is 5.10 Å². The molecule has 3 heterocycles. The number of rotatable bonds is 8. The predicted octanol–water partition coefficient (Wildman–Crippen LogP) is 5.07. The lowest BCUT2D eigenvalue weighted by Crippen LogP contribution is -2.24. The van der Waals surface area contributed by atoms with Crippen molar-refractivity contribution in [2.24, 2.45) is 11.3 Å². The Morgan fingerprint density at radius 2 is 2.06 bits per heavy atom. The maximum absolute atomic E-state index is 9.93. The Kier molecular flexibility index (Phi) is 8.52. The molecule has 5 rings (SSSR count). The first kappa shape index (κ1) is 26.4. The summed E-state index contributed by atoms with van der Waals surface area (Å²) in [7, 11) is 6.43. The normalized spacial score (nSPS) is 21.3. The molecule has 2 aliphatic rings. The van der Waals surface area contributed by atoms with E-state index in [0.717, 1.165) is 63.1 Å². The zero-order valence-electron chi connectivity index (χ0n) is 22.7. The first-order valence-electron chi connectivity index (χ1n) is 13.4. The van der Waals surface area contributed by atoms with E-state index in [0.29, 0.717) is 12.0 Å². The molecule has 2 atom stereocenters. The van der Waals surface area contributed by atoms with E-state index >= 15 is 0 Å². The van der Waals surface area contributed by atoms with Crippen molar-refractivity contribution in [1.29, 1.82) is 0 Å². The zero-order chi connectivity index (χ0) is 25.7. The minimum Gasteiger partial charge on any atom is -0.381 e. The van der Waals surface area contributed by atoms with E-state index < -0.39 is 0 Å². The van der Waals surface area contributed by atoms with Gasteiger partial charge in [0, 0.05) is 54.0 Å². The summed E-state index contributed by atoms with van der Waals surface area (Å²) < 4.78 is 4.92. The number of aldehydes is 1. The van der Waals surface area contributed by atoms with Crippen molar-refractivity contribution in [3.63, 3.8) is 0 Å². The summed E-state index contributed by atoms with van der Waals surface area (Å²) in [6.07, 6.45) is 7.72. The summed E-state index contributed by atoms with van der Waals surface area (Å²) in [5.74, 6) is 0.194. The van der Waals surface area contributed by atoms with Gasteiger partial charge in [-0.05, 0) is 76.4 Å². The van der Waals surface area contributed by atoms with Crippen LogP contribution in [0.1, 0.15) is 50.8 Å². The molecule has 0 spiro atoms. The van der Waals surface area contributed by atoms with Crippen LogP contribution >= 0.6 is 0 Å². The Bertz CT molecular complexity index is 1140. The highest BCUT2D eigenvalue weighted by Gasteiger charge is 2.31. The molecule has 1 saturated heterocycles. The van der Waals surface area contributed by atoms with E-state index in [-0.39, 0.29) is 5.92 Å². The third-order valence-electron chi connectivity index (χ3n) is 7.95. The fraction of sp³-hybridized carbons (Fsp3) is 0.586. The summed E-state index contributed by atoms with van der Waals surface area (Å²) in [6.45, 7) is 8.28. The molecule has 36 heavy (non-hydrogen) atoms. The number of anilines is 1. The Hall–Kier alpha value is -2.64.